The maximum absolute atomic E-state index is 14.2. The zero-order valence-electron chi connectivity index (χ0n) is 29.1. The van der Waals surface area contributed by atoms with Gasteiger partial charge in [0.25, 0.3) is 0 Å². The number of carbonyl (C=O) groups excluding carboxylic acids is 2. The SMILES string of the molecule is COc1cc2c(cc1O)C(c1cc3ccccc3[nH]1)=C1C=C[C@H]3CC[C@H]([C@@H]1C3)[C@@H]2CC(=O)C[C@@H](CCc1ccc(O)c(OCCO)c1)OC(C)=O. The number of aryl methyl sites for hydroxylation is 1. The van der Waals surface area contributed by atoms with Gasteiger partial charge < -0.3 is 34.5 Å². The molecule has 9 heteroatoms. The fourth-order valence-corrected chi connectivity index (χ4v) is 8.63. The normalized spacial score (nSPS) is 21.2. The van der Waals surface area contributed by atoms with E-state index < -0.39 is 12.1 Å². The van der Waals surface area contributed by atoms with Gasteiger partial charge in [-0.15, -0.1) is 0 Å². The second kappa shape index (κ2) is 14.7. The van der Waals surface area contributed by atoms with Gasteiger partial charge in [-0.05, 0) is 114 Å². The van der Waals surface area contributed by atoms with Gasteiger partial charge in [-0.1, -0.05) is 36.4 Å². The Kier molecular flexibility index (Phi) is 9.91. The molecule has 51 heavy (non-hydrogen) atoms. The van der Waals surface area contributed by atoms with E-state index in [1.54, 1.807) is 25.3 Å². The van der Waals surface area contributed by atoms with Gasteiger partial charge in [0, 0.05) is 41.9 Å². The van der Waals surface area contributed by atoms with Gasteiger partial charge >= 0.3 is 5.97 Å². The Labute approximate surface area is 297 Å². The van der Waals surface area contributed by atoms with Crippen LogP contribution in [0.4, 0.5) is 0 Å². The number of para-hydroxylation sites is 1. The molecule has 0 amide bonds. The third-order valence-corrected chi connectivity index (χ3v) is 10.9. The summed E-state index contributed by atoms with van der Waals surface area (Å²) in [6.07, 6.45) is 8.24. The van der Waals surface area contributed by atoms with Crippen LogP contribution < -0.4 is 9.47 Å². The van der Waals surface area contributed by atoms with E-state index in [2.05, 4.69) is 35.3 Å². The van der Waals surface area contributed by atoms with Crippen LogP contribution in [-0.4, -0.2) is 58.5 Å². The lowest BCUT2D eigenvalue weighted by atomic mass is 9.62. The van der Waals surface area contributed by atoms with E-state index in [0.29, 0.717) is 24.5 Å². The second-order valence-corrected chi connectivity index (χ2v) is 14.1. The van der Waals surface area contributed by atoms with E-state index in [1.807, 2.05) is 18.2 Å². The highest BCUT2D eigenvalue weighted by Crippen LogP contribution is 2.56. The van der Waals surface area contributed by atoms with E-state index in [0.717, 1.165) is 58.1 Å². The number of nitrogens with one attached hydrogen (secondary N) is 1. The summed E-state index contributed by atoms with van der Waals surface area (Å²) in [6.45, 7) is 1.23. The molecule has 9 nitrogen and oxygen atoms in total. The van der Waals surface area contributed by atoms with Crippen molar-refractivity contribution in [3.63, 3.8) is 0 Å². The number of aromatic amines is 1. The van der Waals surface area contributed by atoms with Gasteiger partial charge in [0.2, 0.25) is 0 Å². The van der Waals surface area contributed by atoms with E-state index in [1.165, 1.54) is 18.6 Å². The number of esters is 1. The number of hydrogen-bond donors (Lipinski definition) is 4. The number of ketones is 1. The first-order chi connectivity index (χ1) is 24.7. The molecule has 0 radical (unpaired) electrons. The van der Waals surface area contributed by atoms with Crippen LogP contribution in [0.2, 0.25) is 0 Å². The predicted molar refractivity (Wildman–Crippen MR) is 194 cm³/mol. The summed E-state index contributed by atoms with van der Waals surface area (Å²) >= 11 is 0. The number of rotatable bonds is 13. The van der Waals surface area contributed by atoms with Gasteiger partial charge in [0.1, 0.15) is 18.5 Å². The van der Waals surface area contributed by atoms with E-state index >= 15 is 0 Å². The van der Waals surface area contributed by atoms with Gasteiger partial charge in [0.15, 0.2) is 23.0 Å². The number of fused-ring (bicyclic) bond motifs is 3. The van der Waals surface area contributed by atoms with Crippen molar-refractivity contribution in [2.75, 3.05) is 20.3 Å². The molecule has 0 spiro atoms. The van der Waals surface area contributed by atoms with Crippen molar-refractivity contribution in [1.82, 2.24) is 4.98 Å². The average molecular weight is 692 g/mol. The first kappa shape index (κ1) is 34.4. The number of ether oxygens (including phenoxy) is 3. The fraction of sp³-hybridized carbons (Fsp3) is 0.381. The van der Waals surface area contributed by atoms with Crippen LogP contribution in [-0.2, 0) is 20.7 Å². The smallest absolute Gasteiger partial charge is 0.302 e. The molecule has 1 aromatic heterocycles. The van der Waals surface area contributed by atoms with E-state index in [9.17, 15) is 19.8 Å². The standard InChI is InChI=1S/C42H45NO8/c1-24(45)51-29(11-7-26-10-14-38(47)41(18-26)50-16-15-44)20-28(46)21-33-30-12-8-25-9-13-31(32(30)17-25)42(35-22-39(48)40(49-2)23-34(33)35)37-19-27-5-3-4-6-36(27)43-37/h3-6,9-10,13-14,18-19,22-23,25,29-30,32-33,43-44,47-48H,7-8,11-12,15-17,20-21H2,1-2H3/t25-,29-,30-,32+,33+/m1/s1. The average Bonchev–Trinajstić information content (AvgIpc) is 3.50. The first-order valence-corrected chi connectivity index (χ1v) is 17.9. The number of benzene rings is 3. The van der Waals surface area contributed by atoms with Crippen molar-refractivity contribution < 1.29 is 39.1 Å². The summed E-state index contributed by atoms with van der Waals surface area (Å²) < 4.78 is 16.8. The molecule has 3 aliphatic rings. The summed E-state index contributed by atoms with van der Waals surface area (Å²) in [5.41, 5.74) is 7.02. The number of H-pyrrole nitrogens is 1. The minimum atomic E-state index is -0.630. The molecule has 2 bridgehead atoms. The molecule has 0 unspecified atom stereocenters. The van der Waals surface area contributed by atoms with Crippen LogP contribution in [0.25, 0.3) is 16.5 Å². The number of phenolic OH excluding ortho intramolecular Hbond substituents is 2. The number of Topliss-reactive ketones (excluding diaryl/α,β-unsaturated/α-hetero) is 1. The highest BCUT2D eigenvalue weighted by molar-refractivity contribution is 5.93. The molecule has 266 valence electrons. The molecule has 7 rings (SSSR count). The van der Waals surface area contributed by atoms with Gasteiger partial charge in [-0.2, -0.15) is 0 Å². The van der Waals surface area contributed by atoms with Crippen molar-refractivity contribution in [3.05, 3.63) is 101 Å². The van der Waals surface area contributed by atoms with Crippen LogP contribution in [0.3, 0.4) is 0 Å². The lowest BCUT2D eigenvalue weighted by molar-refractivity contribution is -0.147. The number of aromatic hydroxyl groups is 2. The third kappa shape index (κ3) is 7.13. The van der Waals surface area contributed by atoms with Crippen LogP contribution in [0.1, 0.15) is 73.8 Å². The Bertz CT molecular complexity index is 1970. The molecule has 3 aliphatic carbocycles. The zero-order chi connectivity index (χ0) is 35.6. The zero-order valence-corrected chi connectivity index (χ0v) is 29.1. The molecular weight excluding hydrogens is 646 g/mol. The molecule has 5 atom stereocenters. The predicted octanol–water partition coefficient (Wildman–Crippen LogP) is 7.37. The number of aliphatic hydroxyl groups excluding tert-OH is 1. The van der Waals surface area contributed by atoms with Crippen LogP contribution >= 0.6 is 0 Å². The molecule has 0 saturated heterocycles. The van der Waals surface area contributed by atoms with Crippen LogP contribution in [0, 0.1) is 17.8 Å². The van der Waals surface area contributed by atoms with Gasteiger partial charge in [-0.25, -0.2) is 0 Å². The number of allylic oxidation sites excluding steroid dienone is 3. The molecule has 3 aromatic carbocycles. The summed E-state index contributed by atoms with van der Waals surface area (Å²) in [5.74, 6) is 0.988. The number of carbonyl (C=O) groups is 2. The minimum absolute atomic E-state index is 0.00556. The molecule has 4 aromatic rings. The van der Waals surface area contributed by atoms with Crippen molar-refractivity contribution in [1.29, 1.82) is 0 Å². The van der Waals surface area contributed by atoms with E-state index in [-0.39, 0.29) is 66.8 Å². The monoisotopic (exact) mass is 691 g/mol. The lowest BCUT2D eigenvalue weighted by Crippen LogP contribution is -2.32. The molecule has 1 saturated carbocycles. The Hall–Kier alpha value is -5.02. The Balaban J connectivity index is 1.21. The largest absolute Gasteiger partial charge is 0.504 e. The highest BCUT2D eigenvalue weighted by Gasteiger charge is 2.44. The maximum Gasteiger partial charge on any atom is 0.302 e. The molecule has 1 heterocycles. The van der Waals surface area contributed by atoms with Gasteiger partial charge in [-0.3, -0.25) is 9.59 Å². The van der Waals surface area contributed by atoms with Crippen molar-refractivity contribution in [2.45, 2.75) is 63.9 Å². The van der Waals surface area contributed by atoms with Crippen LogP contribution in [0.15, 0.2) is 78.4 Å². The minimum Gasteiger partial charge on any atom is -0.504 e. The second-order valence-electron chi connectivity index (χ2n) is 14.1. The van der Waals surface area contributed by atoms with Crippen molar-refractivity contribution in [2.24, 2.45) is 17.8 Å². The topological polar surface area (TPSA) is 138 Å². The molecule has 1 fully saturated rings. The van der Waals surface area contributed by atoms with Gasteiger partial charge in [0.05, 0.1) is 13.7 Å². The molecular formula is C42H45NO8. The number of aliphatic hydroxyl groups is 1. The Morgan fingerprint density at radius 3 is 2.63 bits per heavy atom. The van der Waals surface area contributed by atoms with Crippen molar-refractivity contribution in [3.8, 4) is 23.0 Å². The Morgan fingerprint density at radius 1 is 1.00 bits per heavy atom. The number of phenols is 2. The highest BCUT2D eigenvalue weighted by atomic mass is 16.5. The number of aromatic nitrogens is 1. The molecule has 4 N–H and O–H groups in total. The third-order valence-electron chi connectivity index (χ3n) is 10.9. The summed E-state index contributed by atoms with van der Waals surface area (Å²) in [4.78, 5) is 30.0. The lowest BCUT2D eigenvalue weighted by Gasteiger charge is -2.42. The van der Waals surface area contributed by atoms with Crippen LogP contribution in [0.5, 0.6) is 23.0 Å². The fourth-order valence-electron chi connectivity index (χ4n) is 8.63. The van der Waals surface area contributed by atoms with Crippen molar-refractivity contribution >= 4 is 28.2 Å². The maximum atomic E-state index is 14.2. The summed E-state index contributed by atoms with van der Waals surface area (Å²) in [5, 5.41) is 31.5. The number of hydrogen-bond acceptors (Lipinski definition) is 8. The molecule has 0 aliphatic heterocycles. The Morgan fingerprint density at radius 2 is 1.84 bits per heavy atom. The summed E-state index contributed by atoms with van der Waals surface area (Å²) in [6, 6.07) is 19.1. The number of methoxy groups -OCH3 is 1. The quantitative estimate of drug-likeness (QED) is 0.107. The summed E-state index contributed by atoms with van der Waals surface area (Å²) in [7, 11) is 1.54. The first-order valence-electron chi connectivity index (χ1n) is 17.9. The van der Waals surface area contributed by atoms with E-state index in [4.69, 9.17) is 19.3 Å².